The summed E-state index contributed by atoms with van der Waals surface area (Å²) in [5.41, 5.74) is 9.55. The maximum Gasteiger partial charge on any atom is 0.244 e. The van der Waals surface area contributed by atoms with Crippen molar-refractivity contribution in [2.75, 3.05) is 7.11 Å². The second kappa shape index (κ2) is 8.53. The molecule has 2 heterocycles. The quantitative estimate of drug-likeness (QED) is 0.513. The van der Waals surface area contributed by atoms with Crippen LogP contribution in [0.15, 0.2) is 52.3 Å². The molecule has 1 unspecified atom stereocenters. The van der Waals surface area contributed by atoms with Crippen LogP contribution < -0.4 is 19.9 Å². The van der Waals surface area contributed by atoms with Crippen molar-refractivity contribution in [1.29, 1.82) is 5.26 Å². The van der Waals surface area contributed by atoms with Crippen molar-refractivity contribution in [1.82, 2.24) is 10.2 Å². The Kier molecular flexibility index (Phi) is 5.81. The van der Waals surface area contributed by atoms with Crippen molar-refractivity contribution in [3.8, 4) is 23.4 Å². The van der Waals surface area contributed by atoms with Gasteiger partial charge < -0.3 is 19.9 Å². The zero-order chi connectivity index (χ0) is 22.1. The summed E-state index contributed by atoms with van der Waals surface area (Å²) in [4.78, 5) is 0. The molecule has 0 saturated heterocycles. The molecule has 0 amide bonds. The molecule has 0 radical (unpaired) electrons. The van der Waals surface area contributed by atoms with Crippen LogP contribution in [0.2, 0.25) is 5.02 Å². The number of nitrogens with two attached hydrogens (primary N) is 1. The van der Waals surface area contributed by atoms with Gasteiger partial charge in [-0.2, -0.15) is 5.26 Å². The number of ether oxygens (including phenoxy) is 3. The summed E-state index contributed by atoms with van der Waals surface area (Å²) < 4.78 is 17.9. The molecule has 0 saturated carbocycles. The molecule has 7 nitrogen and oxygen atoms in total. The Labute approximate surface area is 192 Å². The Hall–Kier alpha value is -3.15. The first-order chi connectivity index (χ1) is 14.9. The van der Waals surface area contributed by atoms with Gasteiger partial charge in [0, 0.05) is 21.3 Å². The van der Waals surface area contributed by atoms with E-state index in [0.29, 0.717) is 28.0 Å². The maximum absolute atomic E-state index is 9.76. The van der Waals surface area contributed by atoms with Crippen LogP contribution in [0.5, 0.6) is 17.4 Å². The van der Waals surface area contributed by atoms with E-state index in [9.17, 15) is 5.26 Å². The molecule has 1 aliphatic heterocycles. The van der Waals surface area contributed by atoms with E-state index in [2.05, 4.69) is 32.2 Å². The highest BCUT2D eigenvalue weighted by Crippen LogP contribution is 2.43. The molecule has 3 aromatic rings. The molecule has 0 aliphatic carbocycles. The second-order valence-electron chi connectivity index (χ2n) is 6.93. The molecule has 1 aromatic heterocycles. The van der Waals surface area contributed by atoms with Crippen LogP contribution in [0.3, 0.4) is 0 Å². The SMILES string of the molecule is COc1ccc(C2C(C#N)=C(N)Oc3n[nH]c(C)c32)cc1COc1ccc(Br)cc1Cl. The third-order valence-electron chi connectivity index (χ3n) is 5.04. The Morgan fingerprint density at radius 2 is 2.06 bits per heavy atom. The fraction of sp³-hybridized carbons (Fsp3) is 0.182. The first-order valence-electron chi connectivity index (χ1n) is 9.30. The number of nitrogens with zero attached hydrogens (tertiary/aromatic N) is 2. The van der Waals surface area contributed by atoms with Crippen LogP contribution in [-0.2, 0) is 6.61 Å². The Morgan fingerprint density at radius 1 is 1.29 bits per heavy atom. The minimum absolute atomic E-state index is 0.0433. The molecule has 1 atom stereocenters. The van der Waals surface area contributed by atoms with Gasteiger partial charge in [-0.15, -0.1) is 5.10 Å². The van der Waals surface area contributed by atoms with Crippen LogP contribution in [0.25, 0.3) is 0 Å². The minimum Gasteiger partial charge on any atom is -0.496 e. The average molecular weight is 502 g/mol. The molecule has 0 bridgehead atoms. The summed E-state index contributed by atoms with van der Waals surface area (Å²) in [6, 6.07) is 13.3. The number of hydrogen-bond donors (Lipinski definition) is 2. The normalized spacial score (nSPS) is 15.1. The van der Waals surface area contributed by atoms with Gasteiger partial charge in [0.15, 0.2) is 0 Å². The lowest BCUT2D eigenvalue weighted by molar-refractivity contribution is 0.296. The van der Waals surface area contributed by atoms with Crippen molar-refractivity contribution in [2.24, 2.45) is 5.73 Å². The van der Waals surface area contributed by atoms with Crippen LogP contribution in [0, 0.1) is 18.3 Å². The molecule has 4 rings (SSSR count). The van der Waals surface area contributed by atoms with E-state index in [1.54, 1.807) is 19.2 Å². The summed E-state index contributed by atoms with van der Waals surface area (Å²) in [6.45, 7) is 2.10. The van der Waals surface area contributed by atoms with Crippen LogP contribution in [-0.4, -0.2) is 17.3 Å². The first-order valence-corrected chi connectivity index (χ1v) is 10.5. The fourth-order valence-electron chi connectivity index (χ4n) is 3.57. The predicted molar refractivity (Wildman–Crippen MR) is 119 cm³/mol. The standard InChI is InChI=1S/C22H18BrClN4O3/c1-11-19-20(15(9-25)21(26)31-22(19)28-27-11)12-3-5-17(29-2)13(7-12)10-30-18-6-4-14(23)8-16(18)24/h3-8,20H,10,26H2,1-2H3,(H,27,28). The molecular formula is C22H18BrClN4O3. The average Bonchev–Trinajstić information content (AvgIpc) is 3.12. The predicted octanol–water partition coefficient (Wildman–Crippen LogP) is 4.94. The van der Waals surface area contributed by atoms with Gasteiger partial charge in [-0.25, -0.2) is 0 Å². The van der Waals surface area contributed by atoms with E-state index in [1.165, 1.54) is 0 Å². The zero-order valence-corrected chi connectivity index (χ0v) is 19.0. The van der Waals surface area contributed by atoms with Crippen molar-refractivity contribution in [3.05, 3.63) is 79.7 Å². The van der Waals surface area contributed by atoms with Gasteiger partial charge in [-0.05, 0) is 42.8 Å². The summed E-state index contributed by atoms with van der Waals surface area (Å²) >= 11 is 9.65. The van der Waals surface area contributed by atoms with Gasteiger partial charge in [0.2, 0.25) is 11.8 Å². The van der Waals surface area contributed by atoms with Crippen molar-refractivity contribution >= 4 is 27.5 Å². The molecule has 3 N–H and O–H groups in total. The molecule has 2 aromatic carbocycles. The van der Waals surface area contributed by atoms with Gasteiger partial charge in [0.05, 0.1) is 18.1 Å². The largest absolute Gasteiger partial charge is 0.496 e. The maximum atomic E-state index is 9.76. The number of aromatic nitrogens is 2. The summed E-state index contributed by atoms with van der Waals surface area (Å²) in [6.07, 6.45) is 0. The van der Waals surface area contributed by atoms with Gasteiger partial charge >= 0.3 is 0 Å². The Morgan fingerprint density at radius 3 is 2.77 bits per heavy atom. The van der Waals surface area contributed by atoms with Crippen LogP contribution in [0.4, 0.5) is 0 Å². The van der Waals surface area contributed by atoms with E-state index in [0.717, 1.165) is 26.9 Å². The highest BCUT2D eigenvalue weighted by molar-refractivity contribution is 9.10. The highest BCUT2D eigenvalue weighted by Gasteiger charge is 2.34. The molecule has 0 spiro atoms. The van der Waals surface area contributed by atoms with E-state index in [4.69, 9.17) is 31.5 Å². The number of rotatable bonds is 5. The zero-order valence-electron chi connectivity index (χ0n) is 16.7. The topological polar surface area (TPSA) is 106 Å². The third kappa shape index (κ3) is 3.94. The van der Waals surface area contributed by atoms with E-state index < -0.39 is 5.92 Å². The van der Waals surface area contributed by atoms with E-state index in [1.807, 2.05) is 31.2 Å². The van der Waals surface area contributed by atoms with Crippen molar-refractivity contribution in [2.45, 2.75) is 19.4 Å². The van der Waals surface area contributed by atoms with Gasteiger partial charge in [0.1, 0.15) is 29.7 Å². The van der Waals surface area contributed by atoms with Crippen LogP contribution in [0.1, 0.15) is 28.3 Å². The lowest BCUT2D eigenvalue weighted by Crippen LogP contribution is -2.21. The second-order valence-corrected chi connectivity index (χ2v) is 8.25. The van der Waals surface area contributed by atoms with Gasteiger partial charge in [-0.1, -0.05) is 33.6 Å². The number of aromatic amines is 1. The van der Waals surface area contributed by atoms with Crippen molar-refractivity contribution in [3.63, 3.8) is 0 Å². The highest BCUT2D eigenvalue weighted by atomic mass is 79.9. The Bertz CT molecular complexity index is 1230. The molecule has 31 heavy (non-hydrogen) atoms. The summed E-state index contributed by atoms with van der Waals surface area (Å²) in [5.74, 6) is 1.20. The number of nitrogens with one attached hydrogen (secondary N) is 1. The Balaban J connectivity index is 1.73. The molecule has 9 heteroatoms. The lowest BCUT2D eigenvalue weighted by Gasteiger charge is -2.24. The monoisotopic (exact) mass is 500 g/mol. The minimum atomic E-state index is -0.423. The third-order valence-corrected chi connectivity index (χ3v) is 5.83. The fourth-order valence-corrected chi connectivity index (χ4v) is 4.30. The number of hydrogen-bond acceptors (Lipinski definition) is 6. The molecule has 1 aliphatic rings. The smallest absolute Gasteiger partial charge is 0.244 e. The van der Waals surface area contributed by atoms with Crippen LogP contribution >= 0.6 is 27.5 Å². The number of H-pyrrole nitrogens is 1. The van der Waals surface area contributed by atoms with Gasteiger partial charge in [-0.3, -0.25) is 5.10 Å². The summed E-state index contributed by atoms with van der Waals surface area (Å²) in [7, 11) is 1.59. The molecule has 0 fully saturated rings. The van der Waals surface area contributed by atoms with Crippen molar-refractivity contribution < 1.29 is 14.2 Å². The number of aryl methyl sites for hydroxylation is 1. The number of fused-ring (bicyclic) bond motifs is 1. The molecular weight excluding hydrogens is 484 g/mol. The molecule has 158 valence electrons. The number of nitriles is 1. The number of allylic oxidation sites excluding steroid dienone is 1. The van der Waals surface area contributed by atoms with Gasteiger partial charge in [0.25, 0.3) is 0 Å². The lowest BCUT2D eigenvalue weighted by atomic mass is 9.83. The van der Waals surface area contributed by atoms with E-state index in [-0.39, 0.29) is 12.5 Å². The number of methoxy groups -OCH3 is 1. The number of halogens is 2. The number of benzene rings is 2. The van der Waals surface area contributed by atoms with E-state index >= 15 is 0 Å². The summed E-state index contributed by atoms with van der Waals surface area (Å²) in [5, 5.41) is 17.3. The first kappa shape index (κ1) is 21.1.